The Bertz CT molecular complexity index is 487. The summed E-state index contributed by atoms with van der Waals surface area (Å²) in [7, 11) is 0. The first-order chi connectivity index (χ1) is 8.93. The molecule has 1 aliphatic rings. The lowest BCUT2D eigenvalue weighted by Crippen LogP contribution is -2.29. The number of piperidine rings is 1. The first-order valence-corrected chi connectivity index (χ1v) is 6.39. The molecule has 5 heteroatoms. The largest absolute Gasteiger partial charge is 0.328 e. The smallest absolute Gasteiger partial charge is 0.115 e. The summed E-state index contributed by atoms with van der Waals surface area (Å²) < 4.78 is 2.19. The summed E-state index contributed by atoms with van der Waals surface area (Å²) in [5.74, 6) is 0.572. The van der Waals surface area contributed by atoms with Gasteiger partial charge in [-0.3, -0.25) is 0 Å². The van der Waals surface area contributed by atoms with E-state index in [4.69, 9.17) is 0 Å². The Hall–Kier alpha value is -1.75. The molecule has 3 heterocycles. The molecule has 1 unspecified atom stereocenters. The fourth-order valence-electron chi connectivity index (χ4n) is 2.49. The maximum Gasteiger partial charge on any atom is 0.115 e. The van der Waals surface area contributed by atoms with E-state index < -0.39 is 0 Å². The first-order valence-electron chi connectivity index (χ1n) is 6.39. The van der Waals surface area contributed by atoms with E-state index in [9.17, 15) is 0 Å². The van der Waals surface area contributed by atoms with Crippen LogP contribution in [0.5, 0.6) is 0 Å². The number of hydrogen-bond acceptors (Lipinski definition) is 4. The van der Waals surface area contributed by atoms with Gasteiger partial charge in [0.05, 0.1) is 18.6 Å². The molecular formula is C13H17N5. The molecule has 0 aromatic carbocycles. The van der Waals surface area contributed by atoms with Crippen LogP contribution in [0.15, 0.2) is 31.1 Å². The number of hydrogen-bond donors (Lipinski definition) is 1. The van der Waals surface area contributed by atoms with Crippen molar-refractivity contribution < 1.29 is 0 Å². The minimum absolute atomic E-state index is 0.572. The summed E-state index contributed by atoms with van der Waals surface area (Å²) in [6.07, 6.45) is 9.73. The Kier molecular flexibility index (Phi) is 3.32. The Labute approximate surface area is 106 Å². The van der Waals surface area contributed by atoms with Crippen LogP contribution in [0.25, 0.3) is 0 Å². The van der Waals surface area contributed by atoms with Crippen LogP contribution in [-0.4, -0.2) is 32.6 Å². The molecule has 0 aliphatic carbocycles. The molecule has 5 nitrogen and oxygen atoms in total. The van der Waals surface area contributed by atoms with Crippen LogP contribution < -0.4 is 5.32 Å². The zero-order valence-electron chi connectivity index (χ0n) is 10.3. The third-order valence-corrected chi connectivity index (χ3v) is 3.44. The molecule has 1 atom stereocenters. The molecule has 0 spiro atoms. The third-order valence-electron chi connectivity index (χ3n) is 3.44. The number of imidazole rings is 1. The fourth-order valence-corrected chi connectivity index (χ4v) is 2.49. The van der Waals surface area contributed by atoms with Gasteiger partial charge in [-0.15, -0.1) is 0 Å². The molecule has 2 aromatic rings. The topological polar surface area (TPSA) is 55.6 Å². The van der Waals surface area contributed by atoms with E-state index in [0.29, 0.717) is 5.92 Å². The fraction of sp³-hybridized carbons (Fsp3) is 0.462. The summed E-state index contributed by atoms with van der Waals surface area (Å²) in [5, 5.41) is 3.45. The van der Waals surface area contributed by atoms with Crippen LogP contribution in [0.2, 0.25) is 0 Å². The van der Waals surface area contributed by atoms with Crippen molar-refractivity contribution in [3.8, 4) is 0 Å². The molecular weight excluding hydrogens is 226 g/mol. The quantitative estimate of drug-likeness (QED) is 0.879. The van der Waals surface area contributed by atoms with Crippen LogP contribution in [0, 0.1) is 0 Å². The van der Waals surface area contributed by atoms with Gasteiger partial charge in [0.1, 0.15) is 6.33 Å². The summed E-state index contributed by atoms with van der Waals surface area (Å²) in [6, 6.07) is 1.95. The van der Waals surface area contributed by atoms with Crippen molar-refractivity contribution >= 4 is 0 Å². The third kappa shape index (κ3) is 2.41. The van der Waals surface area contributed by atoms with Crippen LogP contribution >= 0.6 is 0 Å². The SMILES string of the molecule is c1cc(Cn2cncc2C2CCCNC2)ncn1. The molecule has 2 aromatic heterocycles. The molecule has 1 aliphatic heterocycles. The minimum atomic E-state index is 0.572. The van der Waals surface area contributed by atoms with E-state index in [1.807, 2.05) is 18.6 Å². The van der Waals surface area contributed by atoms with E-state index in [0.717, 1.165) is 25.3 Å². The second-order valence-electron chi connectivity index (χ2n) is 4.69. The van der Waals surface area contributed by atoms with Gasteiger partial charge >= 0.3 is 0 Å². The molecule has 0 bridgehead atoms. The van der Waals surface area contributed by atoms with Gasteiger partial charge in [0.2, 0.25) is 0 Å². The Balaban J connectivity index is 1.78. The van der Waals surface area contributed by atoms with E-state index in [2.05, 4.69) is 24.8 Å². The van der Waals surface area contributed by atoms with Crippen molar-refractivity contribution in [3.63, 3.8) is 0 Å². The van der Waals surface area contributed by atoms with Crippen molar-refractivity contribution in [1.29, 1.82) is 0 Å². The molecule has 1 fully saturated rings. The lowest BCUT2D eigenvalue weighted by molar-refractivity contribution is 0.443. The van der Waals surface area contributed by atoms with Crippen LogP contribution in [0.3, 0.4) is 0 Å². The Morgan fingerprint density at radius 1 is 1.39 bits per heavy atom. The van der Waals surface area contributed by atoms with Gasteiger partial charge in [-0.1, -0.05) is 0 Å². The molecule has 18 heavy (non-hydrogen) atoms. The maximum absolute atomic E-state index is 4.29. The highest BCUT2D eigenvalue weighted by molar-refractivity contribution is 5.11. The number of aromatic nitrogens is 4. The number of nitrogens with zero attached hydrogens (tertiary/aromatic N) is 4. The molecule has 0 radical (unpaired) electrons. The standard InChI is InChI=1S/C13H17N5/c1-2-11(6-14-4-1)13-7-16-10-18(13)8-12-3-5-15-9-17-12/h3,5,7,9-11,14H,1-2,4,6,8H2. The van der Waals surface area contributed by atoms with E-state index in [-0.39, 0.29) is 0 Å². The average Bonchev–Trinajstić information content (AvgIpc) is 2.89. The molecule has 0 saturated carbocycles. The van der Waals surface area contributed by atoms with Gasteiger partial charge in [0.15, 0.2) is 0 Å². The van der Waals surface area contributed by atoms with Gasteiger partial charge in [0, 0.05) is 30.6 Å². The highest BCUT2D eigenvalue weighted by Gasteiger charge is 2.18. The van der Waals surface area contributed by atoms with Gasteiger partial charge in [-0.05, 0) is 25.5 Å². The normalized spacial score (nSPS) is 19.9. The molecule has 1 N–H and O–H groups in total. The lowest BCUT2D eigenvalue weighted by Gasteiger charge is -2.23. The van der Waals surface area contributed by atoms with Crippen LogP contribution in [0.1, 0.15) is 30.1 Å². The molecule has 3 rings (SSSR count). The van der Waals surface area contributed by atoms with Gasteiger partial charge in [0.25, 0.3) is 0 Å². The number of nitrogens with one attached hydrogen (secondary N) is 1. The van der Waals surface area contributed by atoms with Gasteiger partial charge in [-0.2, -0.15) is 0 Å². The zero-order valence-corrected chi connectivity index (χ0v) is 10.3. The zero-order chi connectivity index (χ0) is 12.2. The average molecular weight is 243 g/mol. The van der Waals surface area contributed by atoms with Gasteiger partial charge in [-0.25, -0.2) is 15.0 Å². The maximum atomic E-state index is 4.29. The van der Waals surface area contributed by atoms with Crippen molar-refractivity contribution in [2.45, 2.75) is 25.3 Å². The summed E-state index contributed by atoms with van der Waals surface area (Å²) in [6.45, 7) is 2.96. The van der Waals surface area contributed by atoms with Crippen molar-refractivity contribution in [2.75, 3.05) is 13.1 Å². The second kappa shape index (κ2) is 5.27. The van der Waals surface area contributed by atoms with E-state index in [1.165, 1.54) is 18.5 Å². The summed E-state index contributed by atoms with van der Waals surface area (Å²) in [4.78, 5) is 12.5. The lowest BCUT2D eigenvalue weighted by atomic mass is 9.96. The Morgan fingerprint density at radius 2 is 2.39 bits per heavy atom. The Morgan fingerprint density at radius 3 is 3.17 bits per heavy atom. The van der Waals surface area contributed by atoms with Crippen molar-refractivity contribution in [1.82, 2.24) is 24.8 Å². The minimum Gasteiger partial charge on any atom is -0.328 e. The monoisotopic (exact) mass is 243 g/mol. The van der Waals surface area contributed by atoms with Gasteiger partial charge < -0.3 is 9.88 Å². The predicted molar refractivity (Wildman–Crippen MR) is 68.2 cm³/mol. The highest BCUT2D eigenvalue weighted by atomic mass is 15.1. The van der Waals surface area contributed by atoms with E-state index >= 15 is 0 Å². The molecule has 0 amide bonds. The van der Waals surface area contributed by atoms with Crippen molar-refractivity contribution in [2.24, 2.45) is 0 Å². The number of rotatable bonds is 3. The highest BCUT2D eigenvalue weighted by Crippen LogP contribution is 2.23. The summed E-state index contributed by atoms with van der Waals surface area (Å²) >= 11 is 0. The molecule has 94 valence electrons. The van der Waals surface area contributed by atoms with Crippen LogP contribution in [0.4, 0.5) is 0 Å². The van der Waals surface area contributed by atoms with Crippen molar-refractivity contribution in [3.05, 3.63) is 42.5 Å². The van der Waals surface area contributed by atoms with Crippen LogP contribution in [-0.2, 0) is 6.54 Å². The molecule has 1 saturated heterocycles. The van der Waals surface area contributed by atoms with E-state index in [1.54, 1.807) is 12.5 Å². The summed E-state index contributed by atoms with van der Waals surface area (Å²) in [5.41, 5.74) is 2.33. The predicted octanol–water partition coefficient (Wildman–Crippen LogP) is 1.19. The second-order valence-corrected chi connectivity index (χ2v) is 4.69. The first kappa shape index (κ1) is 11.3.